The molecule has 0 aromatic carbocycles. The van der Waals surface area contributed by atoms with Gasteiger partial charge in [-0.05, 0) is 38.5 Å². The minimum Gasteiger partial charge on any atom is -0.462 e. The molecule has 1 rings (SSSR count). The largest absolute Gasteiger partial charge is 0.462 e. The molecule has 0 bridgehead atoms. The Morgan fingerprint density at radius 2 is 0.950 bits per heavy atom. The van der Waals surface area contributed by atoms with Gasteiger partial charge in [-0.3, -0.25) is 14.1 Å². The van der Waals surface area contributed by atoms with Gasteiger partial charge in [0.15, 0.2) is 12.4 Å². The first-order valence-corrected chi connectivity index (χ1v) is 25.9. The highest BCUT2D eigenvalue weighted by Gasteiger charge is 2.46. The Labute approximate surface area is 365 Å². The third-order valence-electron chi connectivity index (χ3n) is 11.3. The summed E-state index contributed by atoms with van der Waals surface area (Å²) in [7, 11) is -4.60. The van der Waals surface area contributed by atoms with Crippen LogP contribution in [0.3, 0.4) is 0 Å². The van der Waals surface area contributed by atoms with Crippen LogP contribution in [0.5, 0.6) is 0 Å². The molecule has 1 fully saturated rings. The van der Waals surface area contributed by atoms with Crippen molar-refractivity contribution in [1.29, 1.82) is 0 Å². The summed E-state index contributed by atoms with van der Waals surface area (Å²) in [5.74, 6) is -1.98. The second kappa shape index (κ2) is 37.9. The fourth-order valence-electron chi connectivity index (χ4n) is 7.56. The van der Waals surface area contributed by atoms with Gasteiger partial charge in [0.25, 0.3) is 10.1 Å². The van der Waals surface area contributed by atoms with E-state index >= 15 is 0 Å². The van der Waals surface area contributed by atoms with Gasteiger partial charge in [0.1, 0.15) is 36.8 Å². The Bertz CT molecular complexity index is 1170. The van der Waals surface area contributed by atoms with Crippen LogP contribution >= 0.6 is 0 Å². The van der Waals surface area contributed by atoms with E-state index in [1.807, 2.05) is 0 Å². The van der Waals surface area contributed by atoms with E-state index in [0.29, 0.717) is 12.8 Å². The fourth-order valence-corrected chi connectivity index (χ4v) is 8.25. The molecule has 0 aromatic rings. The molecule has 60 heavy (non-hydrogen) atoms. The highest BCUT2D eigenvalue weighted by molar-refractivity contribution is 7.85. The number of hydrogen-bond donors (Lipinski definition) is 4. The molecule has 0 radical (unpaired) electrons. The van der Waals surface area contributed by atoms with Crippen LogP contribution in [-0.4, -0.2) is 96.0 Å². The highest BCUT2D eigenvalue weighted by atomic mass is 32.2. The van der Waals surface area contributed by atoms with Crippen LogP contribution in [0.15, 0.2) is 12.2 Å². The molecule has 4 N–H and O–H groups in total. The zero-order chi connectivity index (χ0) is 44.1. The number of hydrogen-bond acceptors (Lipinski definition) is 11. The van der Waals surface area contributed by atoms with Gasteiger partial charge >= 0.3 is 11.9 Å². The van der Waals surface area contributed by atoms with Crippen LogP contribution in [-0.2, 0) is 38.7 Å². The van der Waals surface area contributed by atoms with Gasteiger partial charge in [-0.1, -0.05) is 180 Å². The average Bonchev–Trinajstić information content (AvgIpc) is 3.21. The van der Waals surface area contributed by atoms with E-state index in [1.165, 1.54) is 122 Å². The quantitative estimate of drug-likeness (QED) is 0.0197. The lowest BCUT2D eigenvalue weighted by Gasteiger charge is -2.40. The summed E-state index contributed by atoms with van der Waals surface area (Å²) >= 11 is 0. The van der Waals surface area contributed by atoms with E-state index in [1.54, 1.807) is 0 Å². The van der Waals surface area contributed by atoms with Crippen LogP contribution in [0.2, 0.25) is 0 Å². The third kappa shape index (κ3) is 32.1. The second-order valence-corrected chi connectivity index (χ2v) is 18.6. The van der Waals surface area contributed by atoms with Gasteiger partial charge in [0.2, 0.25) is 0 Å². The lowest BCUT2D eigenvalue weighted by Crippen LogP contribution is -2.60. The summed E-state index contributed by atoms with van der Waals surface area (Å²) in [5.41, 5.74) is 0. The van der Waals surface area contributed by atoms with Crippen molar-refractivity contribution in [3.8, 4) is 0 Å². The van der Waals surface area contributed by atoms with Gasteiger partial charge in [0.05, 0.1) is 6.61 Å². The molecule has 6 atom stereocenters. The number of aliphatic hydroxyl groups excluding tert-OH is 3. The molecule has 354 valence electrons. The number of unbranched alkanes of at least 4 members (excludes halogenated alkanes) is 27. The molecule has 0 aliphatic carbocycles. The molecule has 2 unspecified atom stereocenters. The molecule has 0 saturated carbocycles. The molecular formula is C47H88O12S. The van der Waals surface area contributed by atoms with E-state index in [9.17, 15) is 37.9 Å². The number of esters is 2. The van der Waals surface area contributed by atoms with Crippen LogP contribution < -0.4 is 0 Å². The maximum atomic E-state index is 12.8. The van der Waals surface area contributed by atoms with Crippen LogP contribution in [0.4, 0.5) is 0 Å². The predicted molar refractivity (Wildman–Crippen MR) is 238 cm³/mol. The minimum atomic E-state index is -4.60. The monoisotopic (exact) mass is 877 g/mol. The maximum Gasteiger partial charge on any atom is 0.306 e. The summed E-state index contributed by atoms with van der Waals surface area (Å²) < 4.78 is 54.1. The van der Waals surface area contributed by atoms with Gasteiger partial charge in [-0.25, -0.2) is 0 Å². The summed E-state index contributed by atoms with van der Waals surface area (Å²) in [4.78, 5) is 25.4. The van der Waals surface area contributed by atoms with E-state index in [2.05, 4.69) is 26.0 Å². The maximum absolute atomic E-state index is 12.8. The molecule has 1 heterocycles. The van der Waals surface area contributed by atoms with Crippen molar-refractivity contribution >= 4 is 22.1 Å². The standard InChI is InChI=1S/C47H88O12S/c1-3-5-7-9-11-13-15-17-19-20-21-22-24-25-27-29-31-33-35-42(48)56-37-40(38-57-47-46(52)45(51)44(50)41(59-47)39-60(53,54)55)58-43(49)36-34-32-30-28-26-23-18-16-14-12-10-8-6-4-2/h16,18,40-41,44-47,50-52H,3-15,17,19-39H2,1-2H3,(H,53,54,55)/b18-16+/t40-,41-,44-,45?,46?,47+/m1/s1. The number of carbonyl (C=O) groups is 2. The molecule has 1 aliphatic heterocycles. The Kier molecular flexibility index (Phi) is 35.6. The van der Waals surface area contributed by atoms with Crippen LogP contribution in [0, 0.1) is 0 Å². The van der Waals surface area contributed by atoms with Gasteiger partial charge in [0, 0.05) is 12.8 Å². The van der Waals surface area contributed by atoms with Gasteiger partial charge in [-0.2, -0.15) is 8.42 Å². The molecule has 0 spiro atoms. The molecule has 1 aliphatic rings. The van der Waals surface area contributed by atoms with E-state index in [4.69, 9.17) is 18.9 Å². The highest BCUT2D eigenvalue weighted by Crippen LogP contribution is 2.24. The van der Waals surface area contributed by atoms with Crippen molar-refractivity contribution in [2.45, 2.75) is 256 Å². The van der Waals surface area contributed by atoms with E-state index in [-0.39, 0.29) is 19.4 Å². The van der Waals surface area contributed by atoms with Crippen molar-refractivity contribution in [2.75, 3.05) is 19.0 Å². The summed E-state index contributed by atoms with van der Waals surface area (Å²) in [6, 6.07) is 0. The molecule has 1 saturated heterocycles. The van der Waals surface area contributed by atoms with Crippen molar-refractivity contribution in [3.63, 3.8) is 0 Å². The van der Waals surface area contributed by atoms with Crippen molar-refractivity contribution in [2.24, 2.45) is 0 Å². The van der Waals surface area contributed by atoms with Gasteiger partial charge < -0.3 is 34.3 Å². The normalized spacial score (nSPS) is 20.1. The molecule has 0 aromatic heterocycles. The van der Waals surface area contributed by atoms with Crippen molar-refractivity contribution < 1.29 is 56.8 Å². The SMILES string of the molecule is CCCCCCC/C=C/CCCCCCCC(=O)O[C@H](COC(=O)CCCCCCCCCCCCCCCCCCCC)CO[C@H]1O[C@H](CS(=O)(=O)O)[C@@H](O)C(O)C1O. The molecule has 0 amide bonds. The van der Waals surface area contributed by atoms with Crippen molar-refractivity contribution in [1.82, 2.24) is 0 Å². The Morgan fingerprint density at radius 1 is 0.550 bits per heavy atom. The second-order valence-electron chi connectivity index (χ2n) is 17.1. The smallest absolute Gasteiger partial charge is 0.306 e. The minimum absolute atomic E-state index is 0.158. The van der Waals surface area contributed by atoms with E-state index in [0.717, 1.165) is 57.8 Å². The lowest BCUT2D eigenvalue weighted by atomic mass is 10.00. The third-order valence-corrected chi connectivity index (χ3v) is 12.1. The average molecular weight is 877 g/mol. The zero-order valence-electron chi connectivity index (χ0n) is 37.8. The summed E-state index contributed by atoms with van der Waals surface area (Å²) in [6.45, 7) is 3.77. The Hall–Kier alpha value is -1.61. The fraction of sp³-hybridized carbons (Fsp3) is 0.915. The molecule has 13 heteroatoms. The molecule has 12 nitrogen and oxygen atoms in total. The summed E-state index contributed by atoms with van der Waals surface area (Å²) in [5, 5.41) is 30.9. The predicted octanol–water partition coefficient (Wildman–Crippen LogP) is 10.2. The van der Waals surface area contributed by atoms with Gasteiger partial charge in [-0.15, -0.1) is 0 Å². The first-order valence-electron chi connectivity index (χ1n) is 24.2. The Morgan fingerprint density at radius 3 is 1.38 bits per heavy atom. The zero-order valence-corrected chi connectivity index (χ0v) is 38.6. The number of ether oxygens (including phenoxy) is 4. The first-order chi connectivity index (χ1) is 29.0. The van der Waals surface area contributed by atoms with Crippen LogP contribution in [0.25, 0.3) is 0 Å². The molecular weight excluding hydrogens is 789 g/mol. The number of rotatable bonds is 41. The summed E-state index contributed by atoms with van der Waals surface area (Å²) in [6.07, 6.45) is 31.1. The topological polar surface area (TPSA) is 186 Å². The van der Waals surface area contributed by atoms with Crippen molar-refractivity contribution in [3.05, 3.63) is 12.2 Å². The number of carbonyl (C=O) groups excluding carboxylic acids is 2. The number of allylic oxidation sites excluding steroid dienone is 2. The number of aliphatic hydroxyl groups is 3. The lowest BCUT2D eigenvalue weighted by molar-refractivity contribution is -0.297. The first kappa shape index (κ1) is 56.4. The van der Waals surface area contributed by atoms with Crippen LogP contribution in [0.1, 0.15) is 219 Å². The van der Waals surface area contributed by atoms with E-state index < -0.39 is 71.2 Å². The Balaban J connectivity index is 2.39.